The third kappa shape index (κ3) is 6.18. The predicted octanol–water partition coefficient (Wildman–Crippen LogP) is 3.92. The molecule has 0 aliphatic rings. The summed E-state index contributed by atoms with van der Waals surface area (Å²) in [6, 6.07) is 13.1. The fourth-order valence-corrected chi connectivity index (χ4v) is 4.37. The molecule has 0 aliphatic heterocycles. The van der Waals surface area contributed by atoms with Crippen LogP contribution in [0.4, 0.5) is 23.4 Å². The van der Waals surface area contributed by atoms with Gasteiger partial charge in [0.15, 0.2) is 0 Å². The van der Waals surface area contributed by atoms with Crippen LogP contribution in [0.25, 0.3) is 11.0 Å². The van der Waals surface area contributed by atoms with E-state index in [9.17, 15) is 8.42 Å². The van der Waals surface area contributed by atoms with Crippen molar-refractivity contribution in [2.45, 2.75) is 38.3 Å². The van der Waals surface area contributed by atoms with Gasteiger partial charge >= 0.3 is 0 Å². The number of fused-ring (bicyclic) bond motifs is 1. The number of rotatable bonds is 8. The van der Waals surface area contributed by atoms with E-state index in [1.165, 1.54) is 6.07 Å². The quantitative estimate of drug-likeness (QED) is 0.276. The zero-order chi connectivity index (χ0) is 24.5. The number of hydrogen-bond acceptors (Lipinski definition) is 8. The van der Waals surface area contributed by atoms with Crippen molar-refractivity contribution in [3.05, 3.63) is 59.8 Å². The number of nitrogens with one attached hydrogen (secondary N) is 3. The van der Waals surface area contributed by atoms with Gasteiger partial charge in [-0.2, -0.15) is 4.98 Å². The van der Waals surface area contributed by atoms with Gasteiger partial charge in [-0.05, 0) is 62.2 Å². The zero-order valence-corrected chi connectivity index (χ0v) is 21.5. The molecular weight excluding hydrogens is 488 g/mol. The maximum atomic E-state index is 11.8. The number of primary sulfonamides is 1. The molecule has 10 nitrogen and oxygen atoms in total. The van der Waals surface area contributed by atoms with Crippen LogP contribution in [0.3, 0.4) is 0 Å². The van der Waals surface area contributed by atoms with Crippen molar-refractivity contribution in [1.82, 2.24) is 19.5 Å². The maximum Gasteiger partial charge on any atom is 0.238 e. The van der Waals surface area contributed by atoms with Crippen molar-refractivity contribution < 1.29 is 8.42 Å². The number of benzene rings is 2. The molecule has 2 aromatic carbocycles. The van der Waals surface area contributed by atoms with Crippen molar-refractivity contribution >= 4 is 56.9 Å². The molecule has 12 heteroatoms. The minimum atomic E-state index is -3.82. The number of anilines is 4. The van der Waals surface area contributed by atoms with Gasteiger partial charge in [0, 0.05) is 31.5 Å². The molecule has 0 fully saturated rings. The first-order valence-corrected chi connectivity index (χ1v) is 12.3. The molecular formula is C23H29ClN8O2S. The van der Waals surface area contributed by atoms with E-state index in [1.807, 2.05) is 11.6 Å². The second-order valence-corrected chi connectivity index (χ2v) is 9.92. The SMILES string of the molecule is Cc1ccc(Nc2nccc(NCc3ccc4c(c3)nc(NC(C)C)n4C)n2)cc1S(N)(=O)=O.Cl. The standard InChI is InChI=1S/C23H28N8O2S.ClH/c1-14(2)27-23-29-18-11-16(6-8-19(18)31(23)4)13-26-21-9-10-25-22(30-21)28-17-7-5-15(3)20(12-17)34(24,32)33;/h5-12,14H,13H2,1-4H3,(H,27,29)(H2,24,32,33)(H2,25,26,28,30);1H. The topological polar surface area (TPSA) is 140 Å². The minimum absolute atomic E-state index is 0. The average Bonchev–Trinajstić information content (AvgIpc) is 3.07. The molecule has 4 rings (SSSR count). The molecule has 2 heterocycles. The lowest BCUT2D eigenvalue weighted by molar-refractivity contribution is 0.597. The minimum Gasteiger partial charge on any atom is -0.366 e. The number of sulfonamides is 1. The summed E-state index contributed by atoms with van der Waals surface area (Å²) < 4.78 is 25.6. The molecule has 186 valence electrons. The lowest BCUT2D eigenvalue weighted by Gasteiger charge is -2.10. The molecule has 0 bridgehead atoms. The van der Waals surface area contributed by atoms with E-state index < -0.39 is 10.0 Å². The molecule has 0 amide bonds. The molecule has 4 aromatic rings. The molecule has 0 aliphatic carbocycles. The number of halogens is 1. The average molecular weight is 517 g/mol. The van der Waals surface area contributed by atoms with Crippen LogP contribution in [-0.4, -0.2) is 34.0 Å². The highest BCUT2D eigenvalue weighted by Crippen LogP contribution is 2.23. The van der Waals surface area contributed by atoms with Gasteiger partial charge in [-0.25, -0.2) is 23.5 Å². The van der Waals surface area contributed by atoms with Gasteiger partial charge in [-0.15, -0.1) is 12.4 Å². The third-order valence-corrected chi connectivity index (χ3v) is 6.30. The number of imidazole rings is 1. The maximum absolute atomic E-state index is 11.8. The summed E-state index contributed by atoms with van der Waals surface area (Å²) in [7, 11) is -1.83. The largest absolute Gasteiger partial charge is 0.366 e. The van der Waals surface area contributed by atoms with Crippen molar-refractivity contribution in [2.75, 3.05) is 16.0 Å². The summed E-state index contributed by atoms with van der Waals surface area (Å²) in [6.07, 6.45) is 1.62. The van der Waals surface area contributed by atoms with E-state index in [0.717, 1.165) is 22.5 Å². The summed E-state index contributed by atoms with van der Waals surface area (Å²) in [5.41, 5.74) is 4.13. The lowest BCUT2D eigenvalue weighted by Crippen LogP contribution is -2.14. The highest BCUT2D eigenvalue weighted by atomic mass is 35.5. The Morgan fingerprint density at radius 2 is 1.86 bits per heavy atom. The summed E-state index contributed by atoms with van der Waals surface area (Å²) in [5, 5.41) is 15.0. The Bertz CT molecular complexity index is 1450. The summed E-state index contributed by atoms with van der Waals surface area (Å²) >= 11 is 0. The van der Waals surface area contributed by atoms with Crippen molar-refractivity contribution in [2.24, 2.45) is 12.2 Å². The highest BCUT2D eigenvalue weighted by Gasteiger charge is 2.13. The van der Waals surface area contributed by atoms with Crippen LogP contribution in [0.5, 0.6) is 0 Å². The first-order chi connectivity index (χ1) is 16.1. The van der Waals surface area contributed by atoms with Crippen molar-refractivity contribution in [3.8, 4) is 0 Å². The monoisotopic (exact) mass is 516 g/mol. The molecule has 5 N–H and O–H groups in total. The summed E-state index contributed by atoms with van der Waals surface area (Å²) in [5.74, 6) is 1.79. The number of nitrogens with zero attached hydrogens (tertiary/aromatic N) is 4. The first-order valence-electron chi connectivity index (χ1n) is 10.8. The summed E-state index contributed by atoms with van der Waals surface area (Å²) in [4.78, 5) is 13.4. The second-order valence-electron chi connectivity index (χ2n) is 8.39. The molecule has 0 spiro atoms. The number of aryl methyl sites for hydroxylation is 2. The number of nitrogens with two attached hydrogens (primary N) is 1. The van der Waals surface area contributed by atoms with Crippen LogP contribution < -0.4 is 21.1 Å². The van der Waals surface area contributed by atoms with Gasteiger partial charge in [0.25, 0.3) is 0 Å². The summed E-state index contributed by atoms with van der Waals surface area (Å²) in [6.45, 7) is 6.40. The Labute approximate surface area is 210 Å². The number of hydrogen-bond donors (Lipinski definition) is 4. The lowest BCUT2D eigenvalue weighted by atomic mass is 10.2. The fourth-order valence-electron chi connectivity index (χ4n) is 3.57. The Kier molecular flexibility index (Phi) is 7.83. The van der Waals surface area contributed by atoms with Crippen LogP contribution >= 0.6 is 12.4 Å². The first kappa shape index (κ1) is 26.2. The third-order valence-electron chi connectivity index (χ3n) is 5.24. The molecule has 0 radical (unpaired) electrons. The van der Waals surface area contributed by atoms with Crippen LogP contribution in [0.1, 0.15) is 25.0 Å². The highest BCUT2D eigenvalue weighted by molar-refractivity contribution is 7.89. The second kappa shape index (κ2) is 10.5. The van der Waals surface area contributed by atoms with E-state index in [-0.39, 0.29) is 17.3 Å². The fraction of sp³-hybridized carbons (Fsp3) is 0.261. The van der Waals surface area contributed by atoms with Gasteiger partial charge in [-0.3, -0.25) is 0 Å². The van der Waals surface area contributed by atoms with Crippen LogP contribution in [-0.2, 0) is 23.6 Å². The molecule has 0 saturated carbocycles. The smallest absolute Gasteiger partial charge is 0.238 e. The Balaban J connectivity index is 0.00000342. The zero-order valence-electron chi connectivity index (χ0n) is 19.9. The number of aromatic nitrogens is 4. The van der Waals surface area contributed by atoms with Gasteiger partial charge < -0.3 is 20.5 Å². The van der Waals surface area contributed by atoms with Crippen molar-refractivity contribution in [3.63, 3.8) is 0 Å². The van der Waals surface area contributed by atoms with Crippen LogP contribution in [0.2, 0.25) is 0 Å². The molecule has 0 atom stereocenters. The van der Waals surface area contributed by atoms with Crippen molar-refractivity contribution in [1.29, 1.82) is 0 Å². The van der Waals surface area contributed by atoms with E-state index in [4.69, 9.17) is 10.1 Å². The molecule has 2 aromatic heterocycles. The predicted molar refractivity (Wildman–Crippen MR) is 142 cm³/mol. The van der Waals surface area contributed by atoms with E-state index in [2.05, 4.69) is 58.0 Å². The molecule has 35 heavy (non-hydrogen) atoms. The van der Waals surface area contributed by atoms with E-state index in [1.54, 1.807) is 31.3 Å². The van der Waals surface area contributed by atoms with Gasteiger partial charge in [0.05, 0.1) is 15.9 Å². The van der Waals surface area contributed by atoms with E-state index >= 15 is 0 Å². The van der Waals surface area contributed by atoms with Crippen LogP contribution in [0, 0.1) is 6.92 Å². The Morgan fingerprint density at radius 1 is 1.09 bits per heavy atom. The Hall–Kier alpha value is -3.41. The Morgan fingerprint density at radius 3 is 2.57 bits per heavy atom. The van der Waals surface area contributed by atoms with Gasteiger partial charge in [0.1, 0.15) is 5.82 Å². The van der Waals surface area contributed by atoms with Gasteiger partial charge in [0.2, 0.25) is 21.9 Å². The molecule has 0 unspecified atom stereocenters. The van der Waals surface area contributed by atoms with E-state index in [0.29, 0.717) is 35.6 Å². The van der Waals surface area contributed by atoms with Gasteiger partial charge in [-0.1, -0.05) is 12.1 Å². The normalized spacial score (nSPS) is 11.4. The van der Waals surface area contributed by atoms with Crippen LogP contribution in [0.15, 0.2) is 53.6 Å². The molecule has 0 saturated heterocycles.